The van der Waals surface area contributed by atoms with E-state index in [1.165, 1.54) is 11.8 Å². The van der Waals surface area contributed by atoms with Crippen LogP contribution in [0, 0.1) is 13.8 Å². The van der Waals surface area contributed by atoms with Crippen LogP contribution in [0.1, 0.15) is 24.0 Å². The lowest BCUT2D eigenvalue weighted by molar-refractivity contribution is -0.149. The lowest BCUT2D eigenvalue weighted by Crippen LogP contribution is -2.32. The quantitative estimate of drug-likeness (QED) is 0.750. The fourth-order valence-corrected chi connectivity index (χ4v) is 3.22. The zero-order valence-corrected chi connectivity index (χ0v) is 15.5. The van der Waals surface area contributed by atoms with Gasteiger partial charge >= 0.3 is 5.97 Å². The van der Waals surface area contributed by atoms with Gasteiger partial charge in [-0.3, -0.25) is 14.4 Å². The molecule has 0 aromatic heterocycles. The van der Waals surface area contributed by atoms with E-state index in [1.807, 2.05) is 32.0 Å². The summed E-state index contributed by atoms with van der Waals surface area (Å²) in [5.41, 5.74) is 2.91. The fourth-order valence-electron chi connectivity index (χ4n) is 2.61. The van der Waals surface area contributed by atoms with Crippen LogP contribution in [0.2, 0.25) is 0 Å². The fraction of sp³-hybridized carbons (Fsp3) is 0.500. The van der Waals surface area contributed by atoms with E-state index in [2.05, 4.69) is 5.32 Å². The number of carbonyl (C=O) groups is 3. The van der Waals surface area contributed by atoms with Crippen molar-refractivity contribution < 1.29 is 19.1 Å². The molecule has 0 spiro atoms. The molecule has 1 heterocycles. The van der Waals surface area contributed by atoms with Crippen molar-refractivity contribution in [2.45, 2.75) is 26.7 Å². The van der Waals surface area contributed by atoms with Crippen molar-refractivity contribution in [3.05, 3.63) is 29.3 Å². The van der Waals surface area contributed by atoms with E-state index in [4.69, 9.17) is 4.74 Å². The molecule has 0 unspecified atom stereocenters. The van der Waals surface area contributed by atoms with Crippen LogP contribution >= 0.6 is 11.8 Å². The third-order valence-electron chi connectivity index (χ3n) is 3.92. The Morgan fingerprint density at radius 3 is 2.56 bits per heavy atom. The van der Waals surface area contributed by atoms with Crippen molar-refractivity contribution in [1.82, 2.24) is 4.90 Å². The Hall–Kier alpha value is -2.02. The van der Waals surface area contributed by atoms with Crippen molar-refractivity contribution in [2.75, 3.05) is 36.5 Å². The predicted molar refractivity (Wildman–Crippen MR) is 98.6 cm³/mol. The molecule has 1 aromatic carbocycles. The van der Waals surface area contributed by atoms with Crippen molar-refractivity contribution in [3.8, 4) is 0 Å². The highest BCUT2D eigenvalue weighted by molar-refractivity contribution is 8.00. The lowest BCUT2D eigenvalue weighted by atomic mass is 10.1. The van der Waals surface area contributed by atoms with Gasteiger partial charge in [0, 0.05) is 18.8 Å². The first-order chi connectivity index (χ1) is 12.0. The number of benzene rings is 1. The Labute approximate surface area is 152 Å². The number of anilines is 1. The second-order valence-corrected chi connectivity index (χ2v) is 7.09. The number of hydrogen-bond acceptors (Lipinski definition) is 5. The summed E-state index contributed by atoms with van der Waals surface area (Å²) < 4.78 is 4.97. The highest BCUT2D eigenvalue weighted by Crippen LogP contribution is 2.16. The Morgan fingerprint density at radius 1 is 1.16 bits per heavy atom. The second kappa shape index (κ2) is 9.46. The average Bonchev–Trinajstić information content (AvgIpc) is 3.10. The summed E-state index contributed by atoms with van der Waals surface area (Å²) in [6.07, 6.45) is 2.01. The average molecular weight is 364 g/mol. The smallest absolute Gasteiger partial charge is 0.316 e. The molecule has 1 aliphatic rings. The largest absolute Gasteiger partial charge is 0.455 e. The first-order valence-corrected chi connectivity index (χ1v) is 9.49. The van der Waals surface area contributed by atoms with Crippen LogP contribution in [0.3, 0.4) is 0 Å². The molecule has 1 aromatic rings. The molecule has 6 nitrogen and oxygen atoms in total. The molecular formula is C18H24N2O4S. The van der Waals surface area contributed by atoms with Gasteiger partial charge in [-0.25, -0.2) is 0 Å². The number of esters is 1. The molecule has 0 atom stereocenters. The maximum absolute atomic E-state index is 11.9. The van der Waals surface area contributed by atoms with Crippen LogP contribution in [0.15, 0.2) is 18.2 Å². The van der Waals surface area contributed by atoms with Crippen molar-refractivity contribution in [2.24, 2.45) is 0 Å². The van der Waals surface area contributed by atoms with E-state index in [0.29, 0.717) is 0 Å². The lowest BCUT2D eigenvalue weighted by Gasteiger charge is -2.14. The predicted octanol–water partition coefficient (Wildman–Crippen LogP) is 2.14. The zero-order valence-electron chi connectivity index (χ0n) is 14.7. The molecule has 1 N–H and O–H groups in total. The topological polar surface area (TPSA) is 75.7 Å². The summed E-state index contributed by atoms with van der Waals surface area (Å²) in [6, 6.07) is 5.80. The van der Waals surface area contributed by atoms with E-state index in [-0.39, 0.29) is 29.9 Å². The molecule has 2 rings (SSSR count). The minimum atomic E-state index is -0.475. The Morgan fingerprint density at radius 2 is 1.88 bits per heavy atom. The molecule has 0 aliphatic carbocycles. The van der Waals surface area contributed by atoms with Crippen molar-refractivity contribution in [1.29, 1.82) is 0 Å². The molecule has 0 bridgehead atoms. The summed E-state index contributed by atoms with van der Waals surface area (Å²) in [7, 11) is 0. The van der Waals surface area contributed by atoms with E-state index in [0.717, 1.165) is 42.7 Å². The van der Waals surface area contributed by atoms with Gasteiger partial charge in [0.2, 0.25) is 5.91 Å². The van der Waals surface area contributed by atoms with E-state index < -0.39 is 5.97 Å². The number of nitrogens with one attached hydrogen (secondary N) is 1. The maximum Gasteiger partial charge on any atom is 0.316 e. The highest BCUT2D eigenvalue weighted by Gasteiger charge is 2.19. The summed E-state index contributed by atoms with van der Waals surface area (Å²) in [4.78, 5) is 37.0. The number of ether oxygens (including phenoxy) is 1. The van der Waals surface area contributed by atoms with Crippen LogP contribution in [0.4, 0.5) is 5.69 Å². The van der Waals surface area contributed by atoms with Crippen LogP contribution in [0.5, 0.6) is 0 Å². The number of thioether (sulfide) groups is 1. The summed E-state index contributed by atoms with van der Waals surface area (Å²) >= 11 is 1.17. The first-order valence-electron chi connectivity index (χ1n) is 8.34. The third-order valence-corrected chi connectivity index (χ3v) is 4.83. The summed E-state index contributed by atoms with van der Waals surface area (Å²) in [5, 5.41) is 2.83. The molecule has 1 aliphatic heterocycles. The highest BCUT2D eigenvalue weighted by atomic mass is 32.2. The van der Waals surface area contributed by atoms with Gasteiger partial charge < -0.3 is 15.0 Å². The van der Waals surface area contributed by atoms with Crippen LogP contribution in [-0.2, 0) is 19.1 Å². The second-order valence-electron chi connectivity index (χ2n) is 6.11. The van der Waals surface area contributed by atoms with Crippen LogP contribution in [-0.4, -0.2) is 53.9 Å². The monoisotopic (exact) mass is 364 g/mol. The van der Waals surface area contributed by atoms with Gasteiger partial charge in [0.15, 0.2) is 6.61 Å². The number of carbonyl (C=O) groups excluding carboxylic acids is 3. The van der Waals surface area contributed by atoms with E-state index in [1.54, 1.807) is 4.90 Å². The first kappa shape index (κ1) is 19.3. The normalized spacial score (nSPS) is 13.6. The number of amides is 2. The van der Waals surface area contributed by atoms with E-state index in [9.17, 15) is 14.4 Å². The number of hydrogen-bond donors (Lipinski definition) is 1. The summed E-state index contributed by atoms with van der Waals surface area (Å²) in [5.74, 6) is -0.589. The number of likely N-dealkylation sites (tertiary alicyclic amines) is 1. The SMILES string of the molecule is Cc1ccc(NC(=O)CSCC(=O)OCC(=O)N2CCCC2)c(C)c1. The molecule has 7 heteroatoms. The third kappa shape index (κ3) is 6.42. The standard InChI is InChI=1S/C18H24N2O4S/c1-13-5-6-15(14(2)9-13)19-16(21)11-25-12-18(23)24-10-17(22)20-7-3-4-8-20/h5-6,9H,3-4,7-8,10-12H2,1-2H3,(H,19,21). The van der Waals surface area contributed by atoms with Gasteiger partial charge in [-0.15, -0.1) is 11.8 Å². The van der Waals surface area contributed by atoms with E-state index >= 15 is 0 Å². The van der Waals surface area contributed by atoms with Gasteiger partial charge in [0.1, 0.15) is 0 Å². The van der Waals surface area contributed by atoms with Gasteiger partial charge in [-0.05, 0) is 38.3 Å². The molecule has 136 valence electrons. The molecule has 2 amide bonds. The summed E-state index contributed by atoms with van der Waals surface area (Å²) in [6.45, 7) is 5.20. The number of nitrogens with zero attached hydrogens (tertiary/aromatic N) is 1. The molecule has 1 saturated heterocycles. The van der Waals surface area contributed by atoms with Crippen LogP contribution in [0.25, 0.3) is 0 Å². The Bertz CT molecular complexity index is 642. The Kier molecular flexibility index (Phi) is 7.31. The Balaban J connectivity index is 1.63. The molecule has 0 saturated carbocycles. The van der Waals surface area contributed by atoms with Crippen molar-refractivity contribution >= 4 is 35.2 Å². The molecule has 1 fully saturated rings. The molecular weight excluding hydrogens is 340 g/mol. The van der Waals surface area contributed by atoms with Gasteiger partial charge in [-0.1, -0.05) is 17.7 Å². The molecule has 25 heavy (non-hydrogen) atoms. The van der Waals surface area contributed by atoms with Gasteiger partial charge in [-0.2, -0.15) is 0 Å². The zero-order chi connectivity index (χ0) is 18.2. The van der Waals surface area contributed by atoms with Gasteiger partial charge in [0.25, 0.3) is 5.91 Å². The van der Waals surface area contributed by atoms with Crippen LogP contribution < -0.4 is 5.32 Å². The minimum Gasteiger partial charge on any atom is -0.455 e. The van der Waals surface area contributed by atoms with Crippen molar-refractivity contribution in [3.63, 3.8) is 0 Å². The minimum absolute atomic E-state index is 0.0492. The van der Waals surface area contributed by atoms with Gasteiger partial charge in [0.05, 0.1) is 11.5 Å². The maximum atomic E-state index is 11.9. The number of aryl methyl sites for hydroxylation is 2. The molecule has 0 radical (unpaired) electrons. The number of rotatable bonds is 7.